The van der Waals surface area contributed by atoms with Crippen molar-refractivity contribution in [1.82, 2.24) is 0 Å². The number of nitrogens with two attached hydrogens (primary N) is 1. The maximum absolute atomic E-state index is 13.0. The monoisotopic (exact) mass is 438 g/mol. The van der Waals surface area contributed by atoms with Gasteiger partial charge in [-0.25, -0.2) is 5.01 Å². The first kappa shape index (κ1) is 21.2. The van der Waals surface area contributed by atoms with E-state index in [1.54, 1.807) is 0 Å². The molecule has 1 aromatic heterocycles. The lowest BCUT2D eigenvalue weighted by molar-refractivity contribution is -0.118. The molecule has 0 radical (unpaired) electrons. The number of rotatable bonds is 4. The van der Waals surface area contributed by atoms with Crippen molar-refractivity contribution in [3.05, 3.63) is 45.3 Å². The van der Waals surface area contributed by atoms with Gasteiger partial charge in [-0.05, 0) is 62.3 Å². The molecule has 2 aromatic rings. The summed E-state index contributed by atoms with van der Waals surface area (Å²) >= 11 is 1.43. The quantitative estimate of drug-likeness (QED) is 0.708. The molecule has 0 fully saturated rings. The number of carbonyl (C=O) groups is 3. The molecule has 0 saturated carbocycles. The lowest BCUT2D eigenvalue weighted by atomic mass is 10.0. The van der Waals surface area contributed by atoms with Gasteiger partial charge < -0.3 is 11.1 Å². The van der Waals surface area contributed by atoms with Gasteiger partial charge in [0, 0.05) is 17.7 Å². The number of hydrazone groups is 1. The molecule has 4 rings (SSSR count). The molecule has 8 heteroatoms. The van der Waals surface area contributed by atoms with Crippen LogP contribution in [-0.4, -0.2) is 23.4 Å². The Hall–Kier alpha value is -3.00. The molecule has 0 spiro atoms. The molecule has 0 unspecified atom stereocenters. The molecule has 7 nitrogen and oxygen atoms in total. The van der Waals surface area contributed by atoms with Crippen LogP contribution in [0.3, 0.4) is 0 Å². The van der Waals surface area contributed by atoms with Crippen LogP contribution in [0.5, 0.6) is 0 Å². The Labute approximate surface area is 185 Å². The normalized spacial score (nSPS) is 16.4. The predicted molar refractivity (Wildman–Crippen MR) is 123 cm³/mol. The molecule has 3 amide bonds. The van der Waals surface area contributed by atoms with Crippen molar-refractivity contribution in [1.29, 1.82) is 0 Å². The first-order valence-electron chi connectivity index (χ1n) is 10.6. The third kappa shape index (κ3) is 4.25. The summed E-state index contributed by atoms with van der Waals surface area (Å²) in [4.78, 5) is 38.8. The summed E-state index contributed by atoms with van der Waals surface area (Å²) in [5, 5.41) is 9.05. The van der Waals surface area contributed by atoms with E-state index in [1.165, 1.54) is 16.3 Å². The number of nitrogens with one attached hydrogen (secondary N) is 1. The van der Waals surface area contributed by atoms with Gasteiger partial charge in [-0.3, -0.25) is 14.4 Å². The third-order valence-electron chi connectivity index (χ3n) is 5.78. The highest BCUT2D eigenvalue weighted by atomic mass is 32.1. The maximum atomic E-state index is 13.0. The highest BCUT2D eigenvalue weighted by Gasteiger charge is 2.29. The minimum Gasteiger partial charge on any atom is -0.365 e. The number of anilines is 2. The van der Waals surface area contributed by atoms with E-state index in [1.807, 2.05) is 32.0 Å². The van der Waals surface area contributed by atoms with Gasteiger partial charge >= 0.3 is 0 Å². The van der Waals surface area contributed by atoms with Crippen molar-refractivity contribution in [2.24, 2.45) is 10.8 Å². The first-order chi connectivity index (χ1) is 14.8. The minimum atomic E-state index is -0.521. The highest BCUT2D eigenvalue weighted by molar-refractivity contribution is 7.17. The Morgan fingerprint density at radius 2 is 1.87 bits per heavy atom. The van der Waals surface area contributed by atoms with Crippen molar-refractivity contribution in [2.45, 2.75) is 58.8 Å². The summed E-state index contributed by atoms with van der Waals surface area (Å²) in [5.41, 5.74) is 9.92. The molecule has 1 aromatic carbocycles. The predicted octanol–water partition coefficient (Wildman–Crippen LogP) is 3.85. The number of hydrogen-bond acceptors (Lipinski definition) is 5. The number of thiophene rings is 1. The molecule has 0 saturated heterocycles. The summed E-state index contributed by atoms with van der Waals surface area (Å²) < 4.78 is 0. The SMILES string of the molecule is Cc1ccc(C)c(N2N=C(C(=O)Nc3sc4c(c3C(N)=O)CCCCC4)CCC2=O)c1. The van der Waals surface area contributed by atoms with Gasteiger partial charge in [0.15, 0.2) is 0 Å². The van der Waals surface area contributed by atoms with Gasteiger partial charge in [0.2, 0.25) is 5.91 Å². The Kier molecular flexibility index (Phi) is 5.91. The topological polar surface area (TPSA) is 105 Å². The molecule has 1 aliphatic heterocycles. The summed E-state index contributed by atoms with van der Waals surface area (Å²) in [5.74, 6) is -1.07. The van der Waals surface area contributed by atoms with E-state index in [9.17, 15) is 14.4 Å². The number of benzene rings is 1. The number of primary amides is 1. The maximum Gasteiger partial charge on any atom is 0.272 e. The fraction of sp³-hybridized carbons (Fsp3) is 0.391. The van der Waals surface area contributed by atoms with Crippen LogP contribution in [0.4, 0.5) is 10.7 Å². The smallest absolute Gasteiger partial charge is 0.272 e. The molecule has 0 atom stereocenters. The summed E-state index contributed by atoms with van der Waals surface area (Å²) in [6, 6.07) is 5.79. The molecule has 3 N–H and O–H groups in total. The summed E-state index contributed by atoms with van der Waals surface area (Å²) in [7, 11) is 0. The first-order valence-corrected chi connectivity index (χ1v) is 11.4. The van der Waals surface area contributed by atoms with E-state index >= 15 is 0 Å². The van der Waals surface area contributed by atoms with E-state index in [2.05, 4.69) is 10.4 Å². The van der Waals surface area contributed by atoms with Crippen molar-refractivity contribution >= 4 is 45.5 Å². The van der Waals surface area contributed by atoms with Crippen LogP contribution in [0.15, 0.2) is 23.3 Å². The zero-order chi connectivity index (χ0) is 22.1. The molecule has 2 heterocycles. The van der Waals surface area contributed by atoms with E-state index in [-0.39, 0.29) is 24.5 Å². The fourth-order valence-electron chi connectivity index (χ4n) is 4.12. The van der Waals surface area contributed by atoms with Gasteiger partial charge in [-0.15, -0.1) is 11.3 Å². The molecule has 162 valence electrons. The number of aryl methyl sites for hydroxylation is 3. The van der Waals surface area contributed by atoms with E-state index in [4.69, 9.17) is 5.73 Å². The molecule has 0 bridgehead atoms. The average Bonchev–Trinajstić information content (AvgIpc) is 2.91. The van der Waals surface area contributed by atoms with Crippen molar-refractivity contribution in [3.63, 3.8) is 0 Å². The zero-order valence-electron chi connectivity index (χ0n) is 17.8. The third-order valence-corrected chi connectivity index (χ3v) is 6.99. The number of hydrogen-bond donors (Lipinski definition) is 2. The van der Waals surface area contributed by atoms with Crippen LogP contribution in [0.25, 0.3) is 0 Å². The van der Waals surface area contributed by atoms with Crippen molar-refractivity contribution < 1.29 is 14.4 Å². The molecule has 1 aliphatic carbocycles. The lowest BCUT2D eigenvalue weighted by Crippen LogP contribution is -2.36. The van der Waals surface area contributed by atoms with Crippen LogP contribution in [0, 0.1) is 13.8 Å². The second kappa shape index (κ2) is 8.63. The Morgan fingerprint density at radius 3 is 2.65 bits per heavy atom. The molecule has 2 aliphatic rings. The minimum absolute atomic E-state index is 0.147. The standard InChI is InChI=1S/C23H26N4O3S/c1-13-8-9-14(2)17(12-13)27-19(28)11-10-16(26-27)22(30)25-23-20(21(24)29)15-6-4-3-5-7-18(15)31-23/h8-9,12H,3-7,10-11H2,1-2H3,(H2,24,29)(H,25,30). The van der Waals surface area contributed by atoms with Crippen LogP contribution in [0.2, 0.25) is 0 Å². The Morgan fingerprint density at radius 1 is 1.10 bits per heavy atom. The molecular weight excluding hydrogens is 412 g/mol. The van der Waals surface area contributed by atoms with Gasteiger partial charge in [-0.2, -0.15) is 5.10 Å². The van der Waals surface area contributed by atoms with Crippen LogP contribution < -0.4 is 16.1 Å². The van der Waals surface area contributed by atoms with Crippen LogP contribution in [0.1, 0.15) is 64.0 Å². The van der Waals surface area contributed by atoms with Gasteiger partial charge in [0.05, 0.1) is 11.3 Å². The Balaban J connectivity index is 1.64. The average molecular weight is 439 g/mol. The summed E-state index contributed by atoms with van der Waals surface area (Å²) in [6.45, 7) is 3.85. The van der Waals surface area contributed by atoms with E-state index in [0.29, 0.717) is 16.3 Å². The largest absolute Gasteiger partial charge is 0.365 e. The van der Waals surface area contributed by atoms with E-state index < -0.39 is 11.8 Å². The van der Waals surface area contributed by atoms with Gasteiger partial charge in [0.25, 0.3) is 11.8 Å². The molecule has 31 heavy (non-hydrogen) atoms. The van der Waals surface area contributed by atoms with E-state index in [0.717, 1.165) is 53.7 Å². The molecular formula is C23H26N4O3S. The number of nitrogens with zero attached hydrogens (tertiary/aromatic N) is 2. The van der Waals surface area contributed by atoms with Crippen molar-refractivity contribution in [2.75, 3.05) is 10.3 Å². The van der Waals surface area contributed by atoms with Crippen LogP contribution in [-0.2, 0) is 22.4 Å². The number of carbonyl (C=O) groups excluding carboxylic acids is 3. The lowest BCUT2D eigenvalue weighted by Gasteiger charge is -2.24. The summed E-state index contributed by atoms with van der Waals surface area (Å²) in [6.07, 6.45) is 5.35. The highest BCUT2D eigenvalue weighted by Crippen LogP contribution is 2.37. The number of fused-ring (bicyclic) bond motifs is 1. The van der Waals surface area contributed by atoms with Crippen molar-refractivity contribution in [3.8, 4) is 0 Å². The van der Waals surface area contributed by atoms with Crippen LogP contribution >= 0.6 is 11.3 Å². The van der Waals surface area contributed by atoms with Gasteiger partial charge in [-0.1, -0.05) is 18.6 Å². The number of amides is 3. The Bertz CT molecular complexity index is 1100. The zero-order valence-corrected chi connectivity index (χ0v) is 18.6. The van der Waals surface area contributed by atoms with Gasteiger partial charge in [0.1, 0.15) is 10.7 Å². The fourth-order valence-corrected chi connectivity index (χ4v) is 5.41. The second-order valence-electron chi connectivity index (χ2n) is 8.13. The second-order valence-corrected chi connectivity index (χ2v) is 9.23.